The van der Waals surface area contributed by atoms with Gasteiger partial charge in [-0.1, -0.05) is 12.1 Å². The van der Waals surface area contributed by atoms with Crippen molar-refractivity contribution in [3.05, 3.63) is 29.3 Å². The van der Waals surface area contributed by atoms with E-state index < -0.39 is 0 Å². The number of nitrogens with zero attached hydrogens (tertiary/aromatic N) is 1. The maximum Gasteiger partial charge on any atom is 0.191 e. The third kappa shape index (κ3) is 5.98. The molecule has 4 nitrogen and oxygen atoms in total. The van der Waals surface area contributed by atoms with E-state index in [2.05, 4.69) is 54.4 Å². The number of benzene rings is 1. The first kappa shape index (κ1) is 18.0. The lowest BCUT2D eigenvalue weighted by Gasteiger charge is -2.13. The van der Waals surface area contributed by atoms with Crippen LogP contribution in [0.1, 0.15) is 30.9 Å². The van der Waals surface area contributed by atoms with Gasteiger partial charge in [0.25, 0.3) is 0 Å². The van der Waals surface area contributed by atoms with Gasteiger partial charge in [0.05, 0.1) is 13.7 Å². The van der Waals surface area contributed by atoms with Crippen LogP contribution < -0.4 is 15.4 Å². The Morgan fingerprint density at radius 3 is 2.96 bits per heavy atom. The van der Waals surface area contributed by atoms with E-state index in [1.165, 1.54) is 29.7 Å². The summed E-state index contributed by atoms with van der Waals surface area (Å²) >= 11 is 2.05. The van der Waals surface area contributed by atoms with E-state index >= 15 is 0 Å². The average molecular weight is 336 g/mol. The highest BCUT2D eigenvalue weighted by molar-refractivity contribution is 8.00. The number of ether oxygens (including phenoxy) is 1. The molecule has 1 heterocycles. The van der Waals surface area contributed by atoms with E-state index in [4.69, 9.17) is 9.73 Å². The normalized spacial score (nSPS) is 18.0. The number of thioether (sulfide) groups is 1. The summed E-state index contributed by atoms with van der Waals surface area (Å²) < 4.78 is 5.39. The molecule has 128 valence electrons. The molecule has 1 aliphatic heterocycles. The Labute approximate surface area is 144 Å². The van der Waals surface area contributed by atoms with Crippen molar-refractivity contribution >= 4 is 17.7 Å². The molecule has 0 aromatic heterocycles. The minimum atomic E-state index is 0.701. The topological polar surface area (TPSA) is 45.7 Å². The number of hydrogen-bond donors (Lipinski definition) is 2. The second kappa shape index (κ2) is 9.71. The minimum Gasteiger partial charge on any atom is -0.496 e. The zero-order valence-electron chi connectivity index (χ0n) is 14.5. The van der Waals surface area contributed by atoms with E-state index in [0.29, 0.717) is 5.25 Å². The summed E-state index contributed by atoms with van der Waals surface area (Å²) in [4.78, 5) is 4.72. The Bertz CT molecular complexity index is 513. The van der Waals surface area contributed by atoms with Crippen LogP contribution >= 0.6 is 11.8 Å². The van der Waals surface area contributed by atoms with Crippen molar-refractivity contribution in [2.45, 2.75) is 38.4 Å². The van der Waals surface area contributed by atoms with Gasteiger partial charge in [0.1, 0.15) is 5.75 Å². The van der Waals surface area contributed by atoms with Crippen LogP contribution in [0.3, 0.4) is 0 Å². The standard InChI is InChI=1S/C18H29N3OS/c1-4-19-18(21-13-16-6-5-11-23-16)20-10-9-15-8-7-14(2)17(12-15)22-3/h7-8,12,16H,4-6,9-11,13H2,1-3H3,(H2,19,20,21). The molecule has 0 saturated carbocycles. The quantitative estimate of drug-likeness (QED) is 0.594. The Morgan fingerprint density at radius 2 is 2.26 bits per heavy atom. The summed E-state index contributed by atoms with van der Waals surface area (Å²) in [6.07, 6.45) is 3.60. The summed E-state index contributed by atoms with van der Waals surface area (Å²) in [5, 5.41) is 7.46. The lowest BCUT2D eigenvalue weighted by atomic mass is 10.1. The molecule has 2 rings (SSSR count). The molecule has 1 aromatic carbocycles. The molecule has 1 aromatic rings. The summed E-state index contributed by atoms with van der Waals surface area (Å²) in [7, 11) is 1.72. The smallest absolute Gasteiger partial charge is 0.191 e. The molecule has 1 atom stereocenters. The second-order valence-corrected chi connectivity index (χ2v) is 7.24. The van der Waals surface area contributed by atoms with Gasteiger partial charge < -0.3 is 15.4 Å². The number of rotatable bonds is 7. The highest BCUT2D eigenvalue weighted by Gasteiger charge is 2.14. The average Bonchev–Trinajstić information content (AvgIpc) is 3.07. The van der Waals surface area contributed by atoms with Gasteiger partial charge in [-0.25, -0.2) is 0 Å². The Hall–Kier alpha value is -1.36. The van der Waals surface area contributed by atoms with Crippen LogP contribution in [0, 0.1) is 6.92 Å². The fraction of sp³-hybridized carbons (Fsp3) is 0.611. The molecule has 23 heavy (non-hydrogen) atoms. The zero-order chi connectivity index (χ0) is 16.5. The van der Waals surface area contributed by atoms with Gasteiger partial charge in [-0.05, 0) is 56.1 Å². The Kier molecular flexibility index (Phi) is 7.59. The zero-order valence-corrected chi connectivity index (χ0v) is 15.3. The predicted molar refractivity (Wildman–Crippen MR) is 101 cm³/mol. The molecular formula is C18H29N3OS. The first-order valence-electron chi connectivity index (χ1n) is 8.50. The van der Waals surface area contributed by atoms with Crippen molar-refractivity contribution in [3.8, 4) is 5.75 Å². The van der Waals surface area contributed by atoms with E-state index in [1.54, 1.807) is 7.11 Å². The van der Waals surface area contributed by atoms with Crippen LogP contribution in [-0.2, 0) is 6.42 Å². The van der Waals surface area contributed by atoms with E-state index in [9.17, 15) is 0 Å². The van der Waals surface area contributed by atoms with Crippen LogP contribution in [0.25, 0.3) is 0 Å². The van der Waals surface area contributed by atoms with E-state index in [1.807, 2.05) is 0 Å². The predicted octanol–water partition coefficient (Wildman–Crippen LogP) is 3.00. The summed E-state index contributed by atoms with van der Waals surface area (Å²) in [6, 6.07) is 6.40. The van der Waals surface area contributed by atoms with Gasteiger partial charge >= 0.3 is 0 Å². The SMILES string of the molecule is CCNC(=NCC1CCCS1)NCCc1ccc(C)c(OC)c1. The summed E-state index contributed by atoms with van der Waals surface area (Å²) in [5.74, 6) is 3.18. The van der Waals surface area contributed by atoms with Gasteiger partial charge in [-0.15, -0.1) is 0 Å². The molecule has 0 amide bonds. The number of methoxy groups -OCH3 is 1. The fourth-order valence-corrected chi connectivity index (χ4v) is 3.85. The molecule has 0 bridgehead atoms. The first-order valence-corrected chi connectivity index (χ1v) is 9.55. The molecule has 2 N–H and O–H groups in total. The third-order valence-corrected chi connectivity index (χ3v) is 5.38. The van der Waals surface area contributed by atoms with Crippen molar-refractivity contribution in [2.24, 2.45) is 4.99 Å². The van der Waals surface area contributed by atoms with Gasteiger partial charge in [0.2, 0.25) is 0 Å². The van der Waals surface area contributed by atoms with Crippen LogP contribution in [0.4, 0.5) is 0 Å². The van der Waals surface area contributed by atoms with Crippen LogP contribution in [0.15, 0.2) is 23.2 Å². The first-order chi connectivity index (χ1) is 11.2. The van der Waals surface area contributed by atoms with E-state index in [0.717, 1.165) is 37.8 Å². The molecule has 0 spiro atoms. The van der Waals surface area contributed by atoms with Gasteiger partial charge in [0, 0.05) is 18.3 Å². The largest absolute Gasteiger partial charge is 0.496 e. The number of hydrogen-bond acceptors (Lipinski definition) is 3. The highest BCUT2D eigenvalue weighted by atomic mass is 32.2. The van der Waals surface area contributed by atoms with Crippen molar-refractivity contribution in [1.82, 2.24) is 10.6 Å². The molecule has 1 unspecified atom stereocenters. The van der Waals surface area contributed by atoms with Crippen LogP contribution in [-0.4, -0.2) is 43.7 Å². The van der Waals surface area contributed by atoms with Gasteiger partial charge in [0.15, 0.2) is 5.96 Å². The minimum absolute atomic E-state index is 0.701. The third-order valence-electron chi connectivity index (χ3n) is 4.00. The van der Waals surface area contributed by atoms with Crippen LogP contribution in [0.5, 0.6) is 5.75 Å². The van der Waals surface area contributed by atoms with Crippen molar-refractivity contribution in [2.75, 3.05) is 32.5 Å². The van der Waals surface area contributed by atoms with Crippen molar-refractivity contribution < 1.29 is 4.74 Å². The monoisotopic (exact) mass is 335 g/mol. The molecule has 1 fully saturated rings. The van der Waals surface area contributed by atoms with Gasteiger partial charge in [-0.2, -0.15) is 11.8 Å². The van der Waals surface area contributed by atoms with Crippen molar-refractivity contribution in [3.63, 3.8) is 0 Å². The van der Waals surface area contributed by atoms with Gasteiger partial charge in [-0.3, -0.25) is 4.99 Å². The Morgan fingerprint density at radius 1 is 1.39 bits per heavy atom. The summed E-state index contributed by atoms with van der Waals surface area (Å²) in [5.41, 5.74) is 2.45. The maximum absolute atomic E-state index is 5.39. The number of aryl methyl sites for hydroxylation is 1. The molecule has 5 heteroatoms. The maximum atomic E-state index is 5.39. The van der Waals surface area contributed by atoms with E-state index in [-0.39, 0.29) is 0 Å². The number of guanidine groups is 1. The Balaban J connectivity index is 1.82. The molecule has 1 aliphatic rings. The molecule has 0 radical (unpaired) electrons. The number of aliphatic imine (C=N–C) groups is 1. The lowest BCUT2D eigenvalue weighted by Crippen LogP contribution is -2.38. The molecule has 1 saturated heterocycles. The molecular weight excluding hydrogens is 306 g/mol. The summed E-state index contributed by atoms with van der Waals surface area (Å²) in [6.45, 7) is 6.85. The lowest BCUT2D eigenvalue weighted by molar-refractivity contribution is 0.411. The highest BCUT2D eigenvalue weighted by Crippen LogP contribution is 2.26. The van der Waals surface area contributed by atoms with Crippen LogP contribution in [0.2, 0.25) is 0 Å². The fourth-order valence-electron chi connectivity index (χ4n) is 2.67. The molecule has 0 aliphatic carbocycles. The number of nitrogens with one attached hydrogen (secondary N) is 2. The second-order valence-electron chi connectivity index (χ2n) is 5.84. The van der Waals surface area contributed by atoms with Crippen molar-refractivity contribution in [1.29, 1.82) is 0 Å².